The molecule has 0 aliphatic heterocycles. The number of carbonyl (C=O) groups is 1. The van der Waals surface area contributed by atoms with Gasteiger partial charge in [-0.3, -0.25) is 4.79 Å². The molecule has 2 heterocycles. The van der Waals surface area contributed by atoms with E-state index in [-0.39, 0.29) is 17.7 Å². The number of nitrogens with one attached hydrogen (secondary N) is 1. The molecule has 2 aromatic carbocycles. The van der Waals surface area contributed by atoms with E-state index >= 15 is 0 Å². The Bertz CT molecular complexity index is 1150. The topological polar surface area (TPSA) is 50.7 Å². The summed E-state index contributed by atoms with van der Waals surface area (Å²) in [5.41, 5.74) is 5.76. The molecule has 4 rings (SSSR count). The number of rotatable bonds is 6. The summed E-state index contributed by atoms with van der Waals surface area (Å²) in [4.78, 5) is 21.2. The van der Waals surface area contributed by atoms with Crippen molar-refractivity contribution in [1.82, 2.24) is 14.5 Å². The Morgan fingerprint density at radius 2 is 1.79 bits per heavy atom. The molecule has 2 aromatic heterocycles. The minimum absolute atomic E-state index is 0.0483. The molecule has 29 heavy (non-hydrogen) atoms. The summed E-state index contributed by atoms with van der Waals surface area (Å²) in [5.74, 6) is 0.547. The van der Waals surface area contributed by atoms with E-state index in [1.807, 2.05) is 16.8 Å². The molecule has 4 nitrogen and oxygen atoms in total. The maximum Gasteiger partial charge on any atom is 0.199 e. The lowest BCUT2D eigenvalue weighted by atomic mass is 9.88. The predicted molar refractivity (Wildman–Crippen MR) is 118 cm³/mol. The van der Waals surface area contributed by atoms with Crippen molar-refractivity contribution >= 4 is 16.7 Å². The highest BCUT2D eigenvalue weighted by atomic mass is 16.1. The number of aromatic amines is 1. The number of hydrogen-bond donors (Lipinski definition) is 1. The highest BCUT2D eigenvalue weighted by molar-refractivity contribution is 5.94. The number of fused-ring (bicyclic) bond motifs is 1. The smallest absolute Gasteiger partial charge is 0.199 e. The second-order valence-corrected chi connectivity index (χ2v) is 8.05. The second kappa shape index (κ2) is 7.70. The van der Waals surface area contributed by atoms with Crippen molar-refractivity contribution in [3.05, 3.63) is 89.1 Å². The van der Waals surface area contributed by atoms with Gasteiger partial charge in [0.2, 0.25) is 0 Å². The molecule has 0 spiro atoms. The number of Topliss-reactive ketones (excluding diaryl/α,β-unsaturated/α-hetero) is 1. The van der Waals surface area contributed by atoms with Crippen LogP contribution < -0.4 is 0 Å². The van der Waals surface area contributed by atoms with Gasteiger partial charge in [0, 0.05) is 47.4 Å². The third-order valence-electron chi connectivity index (χ3n) is 5.70. The molecule has 0 aliphatic rings. The van der Waals surface area contributed by atoms with Crippen molar-refractivity contribution in [2.75, 3.05) is 0 Å². The van der Waals surface area contributed by atoms with Gasteiger partial charge < -0.3 is 9.55 Å². The molecule has 0 aliphatic carbocycles. The lowest BCUT2D eigenvalue weighted by Crippen LogP contribution is -2.16. The summed E-state index contributed by atoms with van der Waals surface area (Å²) in [7, 11) is 0. The number of H-pyrrole nitrogens is 1. The maximum atomic E-state index is 13.3. The van der Waals surface area contributed by atoms with Crippen LogP contribution in [0, 0.1) is 13.8 Å². The number of nitrogens with zero attached hydrogens (tertiary/aromatic N) is 2. The fraction of sp³-hybridized carbons (Fsp3) is 0.280. The zero-order valence-electron chi connectivity index (χ0n) is 17.4. The molecule has 0 unspecified atom stereocenters. The Morgan fingerprint density at radius 3 is 2.48 bits per heavy atom. The van der Waals surface area contributed by atoms with Gasteiger partial charge in [-0.1, -0.05) is 48.0 Å². The number of para-hydroxylation sites is 1. The zero-order valence-corrected chi connectivity index (χ0v) is 17.4. The standard InChI is InChI=1S/C25H27N3O/c1-16(2)28-14-13-26-25(28)23(29)15-21(19-11-9-17(3)10-12-19)24-18(4)20-7-5-6-8-22(20)27-24/h5-14,16,21,27H,15H2,1-4H3/t21-/m0/s1. The predicted octanol–water partition coefficient (Wildman–Crippen LogP) is 5.97. The number of imidazole rings is 1. The van der Waals surface area contributed by atoms with Gasteiger partial charge >= 0.3 is 0 Å². The Morgan fingerprint density at radius 1 is 1.07 bits per heavy atom. The van der Waals surface area contributed by atoms with Crippen LogP contribution in [0.15, 0.2) is 60.9 Å². The van der Waals surface area contributed by atoms with Crippen LogP contribution in [0.2, 0.25) is 0 Å². The molecule has 0 saturated carbocycles. The van der Waals surface area contributed by atoms with E-state index in [1.165, 1.54) is 16.5 Å². The van der Waals surface area contributed by atoms with Crippen molar-refractivity contribution in [1.29, 1.82) is 0 Å². The van der Waals surface area contributed by atoms with E-state index in [0.29, 0.717) is 12.2 Å². The van der Waals surface area contributed by atoms with Crippen molar-refractivity contribution < 1.29 is 4.79 Å². The van der Waals surface area contributed by atoms with Gasteiger partial charge in [0.15, 0.2) is 11.6 Å². The molecule has 0 bridgehead atoms. The van der Waals surface area contributed by atoms with Gasteiger partial charge in [-0.2, -0.15) is 0 Å². The van der Waals surface area contributed by atoms with E-state index in [0.717, 1.165) is 16.8 Å². The number of carbonyl (C=O) groups excluding carboxylic acids is 1. The van der Waals surface area contributed by atoms with Crippen LogP contribution in [0.5, 0.6) is 0 Å². The van der Waals surface area contributed by atoms with Crippen LogP contribution in [-0.4, -0.2) is 20.3 Å². The van der Waals surface area contributed by atoms with E-state index in [9.17, 15) is 4.79 Å². The summed E-state index contributed by atoms with van der Waals surface area (Å²) in [6.45, 7) is 8.35. The normalized spacial score (nSPS) is 12.6. The van der Waals surface area contributed by atoms with Gasteiger partial charge in [-0.15, -0.1) is 0 Å². The highest BCUT2D eigenvalue weighted by Gasteiger charge is 2.25. The van der Waals surface area contributed by atoms with E-state index in [2.05, 4.69) is 80.1 Å². The monoisotopic (exact) mass is 385 g/mol. The summed E-state index contributed by atoms with van der Waals surface area (Å²) < 4.78 is 1.95. The minimum atomic E-state index is -0.0483. The van der Waals surface area contributed by atoms with Crippen LogP contribution in [0.25, 0.3) is 10.9 Å². The van der Waals surface area contributed by atoms with Gasteiger partial charge in [0.1, 0.15) is 0 Å². The van der Waals surface area contributed by atoms with E-state index in [4.69, 9.17) is 0 Å². The molecule has 4 aromatic rings. The van der Waals surface area contributed by atoms with Crippen molar-refractivity contribution in [3.63, 3.8) is 0 Å². The van der Waals surface area contributed by atoms with Crippen LogP contribution in [0.1, 0.15) is 65.2 Å². The van der Waals surface area contributed by atoms with Crippen molar-refractivity contribution in [2.24, 2.45) is 0 Å². The Balaban J connectivity index is 1.78. The molecule has 0 radical (unpaired) electrons. The van der Waals surface area contributed by atoms with Gasteiger partial charge in [-0.05, 0) is 44.9 Å². The third-order valence-corrected chi connectivity index (χ3v) is 5.70. The zero-order chi connectivity index (χ0) is 20.5. The lowest BCUT2D eigenvalue weighted by molar-refractivity contribution is 0.0961. The van der Waals surface area contributed by atoms with Crippen LogP contribution in [0.4, 0.5) is 0 Å². The summed E-state index contributed by atoms with van der Waals surface area (Å²) in [6.07, 6.45) is 3.97. The molecule has 0 amide bonds. The number of ketones is 1. The third kappa shape index (κ3) is 3.63. The maximum absolute atomic E-state index is 13.3. The first-order valence-electron chi connectivity index (χ1n) is 10.2. The van der Waals surface area contributed by atoms with Crippen molar-refractivity contribution in [3.8, 4) is 0 Å². The molecule has 4 heteroatoms. The molecule has 1 N–H and O–H groups in total. The minimum Gasteiger partial charge on any atom is -0.358 e. The first-order valence-corrected chi connectivity index (χ1v) is 10.2. The van der Waals surface area contributed by atoms with Crippen LogP contribution >= 0.6 is 0 Å². The Hall–Kier alpha value is -3.14. The summed E-state index contributed by atoms with van der Waals surface area (Å²) in [5, 5.41) is 1.20. The van der Waals surface area contributed by atoms with Gasteiger partial charge in [0.25, 0.3) is 0 Å². The van der Waals surface area contributed by atoms with Gasteiger partial charge in [0.05, 0.1) is 0 Å². The Kier molecular flexibility index (Phi) is 5.10. The van der Waals surface area contributed by atoms with E-state index < -0.39 is 0 Å². The van der Waals surface area contributed by atoms with Crippen LogP contribution in [-0.2, 0) is 0 Å². The fourth-order valence-electron chi connectivity index (χ4n) is 4.06. The molecular weight excluding hydrogens is 358 g/mol. The lowest BCUT2D eigenvalue weighted by Gasteiger charge is -2.18. The molecule has 1 atom stereocenters. The first kappa shape index (κ1) is 19.2. The average Bonchev–Trinajstić information content (AvgIpc) is 3.33. The summed E-state index contributed by atoms with van der Waals surface area (Å²) in [6, 6.07) is 17.0. The molecule has 0 saturated heterocycles. The second-order valence-electron chi connectivity index (χ2n) is 8.05. The molecular formula is C25H27N3O. The first-order chi connectivity index (χ1) is 14.0. The number of aromatic nitrogens is 3. The average molecular weight is 386 g/mol. The SMILES string of the molecule is Cc1ccc([C@H](CC(=O)c2nccn2C(C)C)c2[nH]c3ccccc3c2C)cc1. The quantitative estimate of drug-likeness (QED) is 0.416. The number of aryl methyl sites for hydroxylation is 2. The molecule has 0 fully saturated rings. The van der Waals surface area contributed by atoms with Gasteiger partial charge in [-0.25, -0.2) is 4.98 Å². The fourth-order valence-corrected chi connectivity index (χ4v) is 4.06. The largest absolute Gasteiger partial charge is 0.358 e. The Labute approximate surface area is 171 Å². The van der Waals surface area contributed by atoms with Crippen LogP contribution in [0.3, 0.4) is 0 Å². The number of benzene rings is 2. The highest BCUT2D eigenvalue weighted by Crippen LogP contribution is 2.34. The number of hydrogen-bond acceptors (Lipinski definition) is 2. The van der Waals surface area contributed by atoms with E-state index in [1.54, 1.807) is 6.20 Å². The summed E-state index contributed by atoms with van der Waals surface area (Å²) >= 11 is 0. The van der Waals surface area contributed by atoms with Crippen molar-refractivity contribution in [2.45, 2.75) is 46.1 Å². The molecule has 148 valence electrons.